The van der Waals surface area contributed by atoms with Crippen LogP contribution in [0.25, 0.3) is 0 Å². The Balaban J connectivity index is 2.08. The molecule has 2 rings (SSSR count). The first-order valence-electron chi connectivity index (χ1n) is 5.66. The van der Waals surface area contributed by atoms with E-state index < -0.39 is 6.10 Å². The van der Waals surface area contributed by atoms with Crippen LogP contribution in [0.15, 0.2) is 48.8 Å². The van der Waals surface area contributed by atoms with E-state index in [0.29, 0.717) is 11.3 Å². The lowest BCUT2D eigenvalue weighted by Gasteiger charge is -2.07. The summed E-state index contributed by atoms with van der Waals surface area (Å²) in [5.41, 5.74) is 2.01. The Bertz CT molecular complexity index is 521. The molecule has 0 saturated carbocycles. The van der Waals surface area contributed by atoms with Gasteiger partial charge in [-0.25, -0.2) is 0 Å². The zero-order chi connectivity index (χ0) is 13.0. The summed E-state index contributed by atoms with van der Waals surface area (Å²) >= 11 is 0. The molecule has 0 radical (unpaired) electrons. The Morgan fingerprint density at radius 1 is 1.28 bits per heavy atom. The number of carbonyl (C=O) groups excluding carboxylic acids is 1. The Morgan fingerprint density at radius 2 is 2.00 bits per heavy atom. The van der Waals surface area contributed by atoms with Crippen molar-refractivity contribution >= 4 is 11.6 Å². The monoisotopic (exact) mass is 242 g/mol. The second-order valence-corrected chi connectivity index (χ2v) is 3.99. The Morgan fingerprint density at radius 3 is 2.56 bits per heavy atom. The molecule has 0 aliphatic heterocycles. The smallest absolute Gasteiger partial charge is 0.257 e. The SMILES string of the molecule is C[C@H](O)c1ccc(NC(=O)c2cccnc2)cc1. The van der Waals surface area contributed by atoms with Crippen LogP contribution < -0.4 is 5.32 Å². The lowest BCUT2D eigenvalue weighted by atomic mass is 10.1. The zero-order valence-electron chi connectivity index (χ0n) is 10.00. The minimum absolute atomic E-state index is 0.201. The minimum atomic E-state index is -0.506. The van der Waals surface area contributed by atoms with E-state index in [1.165, 1.54) is 6.20 Å². The highest BCUT2D eigenvalue weighted by Gasteiger charge is 2.06. The summed E-state index contributed by atoms with van der Waals surface area (Å²) in [6.45, 7) is 1.70. The number of aliphatic hydroxyl groups is 1. The first-order chi connectivity index (χ1) is 8.66. The molecule has 0 saturated heterocycles. The van der Waals surface area contributed by atoms with E-state index >= 15 is 0 Å². The van der Waals surface area contributed by atoms with Gasteiger partial charge in [0, 0.05) is 18.1 Å². The molecule has 1 atom stereocenters. The van der Waals surface area contributed by atoms with Crippen molar-refractivity contribution in [1.82, 2.24) is 4.98 Å². The van der Waals surface area contributed by atoms with Crippen LogP contribution in [-0.2, 0) is 0 Å². The molecule has 92 valence electrons. The number of pyridine rings is 1. The van der Waals surface area contributed by atoms with Gasteiger partial charge in [0.25, 0.3) is 5.91 Å². The average molecular weight is 242 g/mol. The van der Waals surface area contributed by atoms with Gasteiger partial charge in [-0.2, -0.15) is 0 Å². The van der Waals surface area contributed by atoms with E-state index in [1.807, 2.05) is 0 Å². The molecule has 18 heavy (non-hydrogen) atoms. The van der Waals surface area contributed by atoms with E-state index in [-0.39, 0.29) is 5.91 Å². The summed E-state index contributed by atoms with van der Waals surface area (Å²) < 4.78 is 0. The van der Waals surface area contributed by atoms with Crippen LogP contribution in [-0.4, -0.2) is 16.0 Å². The molecule has 1 heterocycles. The van der Waals surface area contributed by atoms with Gasteiger partial charge in [-0.1, -0.05) is 12.1 Å². The Hall–Kier alpha value is -2.20. The molecule has 1 aromatic carbocycles. The summed E-state index contributed by atoms with van der Waals surface area (Å²) in [6, 6.07) is 10.5. The van der Waals surface area contributed by atoms with Gasteiger partial charge in [0.05, 0.1) is 11.7 Å². The topological polar surface area (TPSA) is 62.2 Å². The van der Waals surface area contributed by atoms with Gasteiger partial charge in [0.15, 0.2) is 0 Å². The molecule has 4 nitrogen and oxygen atoms in total. The summed E-state index contributed by atoms with van der Waals surface area (Å²) in [5.74, 6) is -0.201. The standard InChI is InChI=1S/C14H14N2O2/c1-10(17)11-4-6-13(7-5-11)16-14(18)12-3-2-8-15-9-12/h2-10,17H,1H3,(H,16,18)/t10-/m0/s1. The van der Waals surface area contributed by atoms with Crippen molar-refractivity contribution in [2.75, 3.05) is 5.32 Å². The molecule has 1 amide bonds. The van der Waals surface area contributed by atoms with Crippen molar-refractivity contribution in [3.8, 4) is 0 Å². The normalized spacial score (nSPS) is 11.9. The number of anilines is 1. The van der Waals surface area contributed by atoms with Gasteiger partial charge >= 0.3 is 0 Å². The van der Waals surface area contributed by atoms with Gasteiger partial charge in [0.2, 0.25) is 0 Å². The lowest BCUT2D eigenvalue weighted by Crippen LogP contribution is -2.11. The Kier molecular flexibility index (Phi) is 3.69. The molecule has 2 N–H and O–H groups in total. The molecule has 0 fully saturated rings. The molecule has 0 aliphatic rings. The van der Waals surface area contributed by atoms with Crippen molar-refractivity contribution in [2.24, 2.45) is 0 Å². The van der Waals surface area contributed by atoms with E-state index in [0.717, 1.165) is 5.56 Å². The molecule has 2 aromatic rings. The maximum atomic E-state index is 11.8. The number of aliphatic hydroxyl groups excluding tert-OH is 1. The number of aromatic nitrogens is 1. The van der Waals surface area contributed by atoms with E-state index in [2.05, 4.69) is 10.3 Å². The van der Waals surface area contributed by atoms with Crippen LogP contribution >= 0.6 is 0 Å². The highest BCUT2D eigenvalue weighted by Crippen LogP contribution is 2.16. The number of benzene rings is 1. The van der Waals surface area contributed by atoms with Crippen molar-refractivity contribution in [1.29, 1.82) is 0 Å². The highest BCUT2D eigenvalue weighted by atomic mass is 16.3. The summed E-state index contributed by atoms with van der Waals surface area (Å²) in [6.07, 6.45) is 2.63. The maximum absolute atomic E-state index is 11.8. The molecule has 0 aliphatic carbocycles. The Labute approximate surface area is 105 Å². The van der Waals surface area contributed by atoms with Crippen molar-refractivity contribution in [2.45, 2.75) is 13.0 Å². The van der Waals surface area contributed by atoms with E-state index in [1.54, 1.807) is 49.5 Å². The van der Waals surface area contributed by atoms with Crippen molar-refractivity contribution < 1.29 is 9.90 Å². The third-order valence-electron chi connectivity index (χ3n) is 2.57. The molecule has 0 spiro atoms. The molecular formula is C14H14N2O2. The first kappa shape index (κ1) is 12.3. The molecule has 0 bridgehead atoms. The molecular weight excluding hydrogens is 228 g/mol. The predicted molar refractivity (Wildman–Crippen MR) is 69.3 cm³/mol. The number of carbonyl (C=O) groups is 1. The molecule has 4 heteroatoms. The van der Waals surface area contributed by atoms with Crippen LogP contribution in [0.3, 0.4) is 0 Å². The maximum Gasteiger partial charge on any atom is 0.257 e. The van der Waals surface area contributed by atoms with Gasteiger partial charge in [-0.3, -0.25) is 9.78 Å². The minimum Gasteiger partial charge on any atom is -0.389 e. The van der Waals surface area contributed by atoms with Crippen LogP contribution in [0, 0.1) is 0 Å². The van der Waals surface area contributed by atoms with Crippen molar-refractivity contribution in [3.63, 3.8) is 0 Å². The summed E-state index contributed by atoms with van der Waals surface area (Å²) in [4.78, 5) is 15.7. The van der Waals surface area contributed by atoms with Gasteiger partial charge in [-0.15, -0.1) is 0 Å². The quantitative estimate of drug-likeness (QED) is 0.868. The fourth-order valence-corrected chi connectivity index (χ4v) is 1.55. The largest absolute Gasteiger partial charge is 0.389 e. The average Bonchev–Trinajstić information content (AvgIpc) is 2.40. The zero-order valence-corrected chi connectivity index (χ0v) is 10.00. The number of hydrogen-bond donors (Lipinski definition) is 2. The summed E-state index contributed by atoms with van der Waals surface area (Å²) in [7, 11) is 0. The van der Waals surface area contributed by atoms with Gasteiger partial charge in [-0.05, 0) is 36.8 Å². The number of nitrogens with zero attached hydrogens (tertiary/aromatic N) is 1. The number of hydrogen-bond acceptors (Lipinski definition) is 3. The predicted octanol–water partition coefficient (Wildman–Crippen LogP) is 2.39. The summed E-state index contributed by atoms with van der Waals surface area (Å²) in [5, 5.41) is 12.1. The van der Waals surface area contributed by atoms with Gasteiger partial charge in [0.1, 0.15) is 0 Å². The van der Waals surface area contributed by atoms with Crippen LogP contribution in [0.4, 0.5) is 5.69 Å². The third-order valence-corrected chi connectivity index (χ3v) is 2.57. The second kappa shape index (κ2) is 5.42. The highest BCUT2D eigenvalue weighted by molar-refractivity contribution is 6.03. The van der Waals surface area contributed by atoms with E-state index in [4.69, 9.17) is 0 Å². The van der Waals surface area contributed by atoms with Crippen LogP contribution in [0.2, 0.25) is 0 Å². The number of amides is 1. The fourth-order valence-electron chi connectivity index (χ4n) is 1.55. The van der Waals surface area contributed by atoms with Gasteiger partial charge < -0.3 is 10.4 Å². The van der Waals surface area contributed by atoms with E-state index in [9.17, 15) is 9.90 Å². The second-order valence-electron chi connectivity index (χ2n) is 3.99. The van der Waals surface area contributed by atoms with Crippen molar-refractivity contribution in [3.05, 3.63) is 59.9 Å². The number of rotatable bonds is 3. The molecule has 0 unspecified atom stereocenters. The fraction of sp³-hybridized carbons (Fsp3) is 0.143. The van der Waals surface area contributed by atoms with Crippen LogP contribution in [0.5, 0.6) is 0 Å². The molecule has 1 aromatic heterocycles. The third kappa shape index (κ3) is 2.93. The first-order valence-corrected chi connectivity index (χ1v) is 5.66. The lowest BCUT2D eigenvalue weighted by molar-refractivity contribution is 0.102. The number of nitrogens with one attached hydrogen (secondary N) is 1. The van der Waals surface area contributed by atoms with Crippen LogP contribution in [0.1, 0.15) is 28.9 Å².